The highest BCUT2D eigenvalue weighted by molar-refractivity contribution is 9.10. The van der Waals surface area contributed by atoms with Gasteiger partial charge in [0.1, 0.15) is 0 Å². The van der Waals surface area contributed by atoms with Gasteiger partial charge in [0.2, 0.25) is 5.91 Å². The van der Waals surface area contributed by atoms with Crippen molar-refractivity contribution < 1.29 is 9.59 Å². The van der Waals surface area contributed by atoms with Gasteiger partial charge in [-0.2, -0.15) is 0 Å². The number of aromatic amines is 1. The number of rotatable bonds is 1. The number of hydrogen-bond acceptors (Lipinski definition) is 2. The fourth-order valence-corrected chi connectivity index (χ4v) is 2.58. The number of nitrogens with zero attached hydrogens (tertiary/aromatic N) is 1. The molecule has 1 fully saturated rings. The second kappa shape index (κ2) is 4.13. The van der Waals surface area contributed by atoms with Crippen molar-refractivity contribution in [1.29, 1.82) is 0 Å². The summed E-state index contributed by atoms with van der Waals surface area (Å²) in [4.78, 5) is 27.7. The highest BCUT2D eigenvalue weighted by Gasteiger charge is 2.25. The van der Waals surface area contributed by atoms with Crippen LogP contribution in [0.2, 0.25) is 0 Å². The van der Waals surface area contributed by atoms with E-state index in [4.69, 9.17) is 0 Å². The molecule has 0 aliphatic carbocycles. The molecule has 3 rings (SSSR count). The zero-order valence-corrected chi connectivity index (χ0v) is 11.0. The molecule has 5 nitrogen and oxygen atoms in total. The Morgan fingerprint density at radius 1 is 1.28 bits per heavy atom. The lowest BCUT2D eigenvalue weighted by Gasteiger charge is -2.27. The first-order valence-corrected chi connectivity index (χ1v) is 6.32. The third-order valence-electron chi connectivity index (χ3n) is 2.96. The molecule has 6 heteroatoms. The number of hydrogen-bond donors (Lipinski definition) is 2. The third-order valence-corrected chi connectivity index (χ3v) is 3.41. The number of carbonyl (C=O) groups excluding carboxylic acids is 2. The Labute approximate surface area is 111 Å². The maximum absolute atomic E-state index is 11.9. The van der Waals surface area contributed by atoms with Gasteiger partial charge in [-0.05, 0) is 18.2 Å². The number of fused-ring (bicyclic) bond motifs is 1. The molecule has 1 aliphatic heterocycles. The molecule has 0 saturated carbocycles. The summed E-state index contributed by atoms with van der Waals surface area (Å²) in [5.41, 5.74) is 1.75. The summed E-state index contributed by atoms with van der Waals surface area (Å²) in [5, 5.41) is 3.29. The molecule has 1 aliphatic rings. The van der Waals surface area contributed by atoms with Gasteiger partial charge in [0, 0.05) is 34.5 Å². The molecule has 0 spiro atoms. The van der Waals surface area contributed by atoms with Crippen LogP contribution in [0.15, 0.2) is 28.9 Å². The number of nitrogens with one attached hydrogen (secondary N) is 2. The first-order valence-electron chi connectivity index (χ1n) is 5.53. The number of anilines is 1. The first-order chi connectivity index (χ1) is 8.65. The molecule has 3 amide bonds. The highest BCUT2D eigenvalue weighted by atomic mass is 79.9. The fourth-order valence-electron chi connectivity index (χ4n) is 2.13. The summed E-state index contributed by atoms with van der Waals surface area (Å²) in [6.07, 6.45) is 2.15. The van der Waals surface area contributed by atoms with Gasteiger partial charge in [-0.1, -0.05) is 15.9 Å². The lowest BCUT2D eigenvalue weighted by Crippen LogP contribution is -2.49. The van der Waals surface area contributed by atoms with Gasteiger partial charge in [-0.3, -0.25) is 15.0 Å². The van der Waals surface area contributed by atoms with Crippen molar-refractivity contribution in [2.75, 3.05) is 11.4 Å². The van der Waals surface area contributed by atoms with E-state index in [0.717, 1.165) is 21.1 Å². The van der Waals surface area contributed by atoms with E-state index < -0.39 is 0 Å². The third kappa shape index (κ3) is 1.78. The lowest BCUT2D eigenvalue weighted by molar-refractivity contribution is -0.120. The number of urea groups is 1. The summed E-state index contributed by atoms with van der Waals surface area (Å²) in [5.74, 6) is -0.225. The average Bonchev–Trinajstić information content (AvgIpc) is 2.76. The smallest absolute Gasteiger partial charge is 0.328 e. The molecule has 92 valence electrons. The molecule has 0 unspecified atom stereocenters. The Morgan fingerprint density at radius 3 is 2.89 bits per heavy atom. The topological polar surface area (TPSA) is 65.2 Å². The predicted molar refractivity (Wildman–Crippen MR) is 71.5 cm³/mol. The molecule has 2 N–H and O–H groups in total. The van der Waals surface area contributed by atoms with Crippen molar-refractivity contribution in [2.45, 2.75) is 6.42 Å². The number of H-pyrrole nitrogens is 1. The lowest BCUT2D eigenvalue weighted by atomic mass is 10.2. The van der Waals surface area contributed by atoms with Gasteiger partial charge >= 0.3 is 6.03 Å². The fraction of sp³-hybridized carbons (Fsp3) is 0.167. The summed E-state index contributed by atoms with van der Waals surface area (Å²) in [7, 11) is 0. The SMILES string of the molecule is O=C1CCN(c2cc(Br)cc3[nH]ccc23)C(=O)N1. The van der Waals surface area contributed by atoms with E-state index in [9.17, 15) is 9.59 Å². The van der Waals surface area contributed by atoms with E-state index in [1.807, 2.05) is 24.4 Å². The van der Waals surface area contributed by atoms with Crippen LogP contribution < -0.4 is 10.2 Å². The van der Waals surface area contributed by atoms with Crippen molar-refractivity contribution in [1.82, 2.24) is 10.3 Å². The second-order valence-electron chi connectivity index (χ2n) is 4.12. The molecule has 1 aromatic carbocycles. The van der Waals surface area contributed by atoms with Gasteiger partial charge in [0.25, 0.3) is 0 Å². The van der Waals surface area contributed by atoms with E-state index in [2.05, 4.69) is 26.2 Å². The minimum Gasteiger partial charge on any atom is -0.361 e. The van der Waals surface area contributed by atoms with Crippen LogP contribution in [0, 0.1) is 0 Å². The van der Waals surface area contributed by atoms with Crippen molar-refractivity contribution in [3.05, 3.63) is 28.9 Å². The molecule has 0 atom stereocenters. The quantitative estimate of drug-likeness (QED) is 0.849. The Hall–Kier alpha value is -1.82. The van der Waals surface area contributed by atoms with E-state index in [-0.39, 0.29) is 11.9 Å². The number of halogens is 1. The van der Waals surface area contributed by atoms with Gasteiger partial charge < -0.3 is 4.98 Å². The van der Waals surface area contributed by atoms with E-state index >= 15 is 0 Å². The van der Waals surface area contributed by atoms with E-state index in [1.54, 1.807) is 4.90 Å². The van der Waals surface area contributed by atoms with Crippen LogP contribution in [0.4, 0.5) is 10.5 Å². The number of aromatic nitrogens is 1. The molecular weight excluding hydrogens is 298 g/mol. The minimum atomic E-state index is -0.369. The van der Waals surface area contributed by atoms with Crippen LogP contribution >= 0.6 is 15.9 Å². The monoisotopic (exact) mass is 307 g/mol. The van der Waals surface area contributed by atoms with Gasteiger partial charge in [-0.15, -0.1) is 0 Å². The van der Waals surface area contributed by atoms with Crippen LogP contribution in [-0.4, -0.2) is 23.5 Å². The van der Waals surface area contributed by atoms with E-state index in [1.165, 1.54) is 0 Å². The number of amides is 3. The van der Waals surface area contributed by atoms with Gasteiger partial charge in [0.05, 0.1) is 5.69 Å². The van der Waals surface area contributed by atoms with Crippen LogP contribution in [0.1, 0.15) is 6.42 Å². The average molecular weight is 308 g/mol. The zero-order chi connectivity index (χ0) is 12.7. The van der Waals surface area contributed by atoms with Crippen molar-refractivity contribution in [2.24, 2.45) is 0 Å². The first kappa shape index (κ1) is 11.3. The maximum Gasteiger partial charge on any atom is 0.328 e. The predicted octanol–water partition coefficient (Wildman–Crippen LogP) is 2.38. The summed E-state index contributed by atoms with van der Waals surface area (Å²) >= 11 is 3.42. The van der Waals surface area contributed by atoms with E-state index in [0.29, 0.717) is 13.0 Å². The highest BCUT2D eigenvalue weighted by Crippen LogP contribution is 2.31. The van der Waals surface area contributed by atoms with Crippen LogP contribution in [0.3, 0.4) is 0 Å². The number of imide groups is 1. The molecule has 0 bridgehead atoms. The summed E-state index contributed by atoms with van der Waals surface area (Å²) in [6.45, 7) is 0.404. The van der Waals surface area contributed by atoms with Gasteiger partial charge in [-0.25, -0.2) is 4.79 Å². The zero-order valence-electron chi connectivity index (χ0n) is 9.37. The Morgan fingerprint density at radius 2 is 2.11 bits per heavy atom. The van der Waals surface area contributed by atoms with Crippen molar-refractivity contribution >= 4 is 44.5 Å². The van der Waals surface area contributed by atoms with Gasteiger partial charge in [0.15, 0.2) is 0 Å². The van der Waals surface area contributed by atoms with Crippen LogP contribution in [-0.2, 0) is 4.79 Å². The molecule has 2 heterocycles. The summed E-state index contributed by atoms with van der Waals surface area (Å²) in [6, 6.07) is 5.38. The maximum atomic E-state index is 11.9. The standard InChI is InChI=1S/C12H10BrN3O2/c13-7-5-9-8(1-3-14-9)10(6-7)16-4-2-11(17)15-12(16)18/h1,3,5-6,14H,2,4H2,(H,15,17,18). The Kier molecular flexibility index (Phi) is 2.59. The van der Waals surface area contributed by atoms with Crippen molar-refractivity contribution in [3.63, 3.8) is 0 Å². The van der Waals surface area contributed by atoms with Crippen molar-refractivity contribution in [3.8, 4) is 0 Å². The molecular formula is C12H10BrN3O2. The molecule has 1 saturated heterocycles. The number of carbonyl (C=O) groups is 2. The molecule has 0 radical (unpaired) electrons. The number of benzene rings is 1. The molecule has 18 heavy (non-hydrogen) atoms. The second-order valence-corrected chi connectivity index (χ2v) is 5.03. The Bertz CT molecular complexity index is 650. The minimum absolute atomic E-state index is 0.225. The van der Waals surface area contributed by atoms with Crippen LogP contribution in [0.5, 0.6) is 0 Å². The normalized spacial score (nSPS) is 16.2. The molecule has 1 aromatic heterocycles. The Balaban J connectivity index is 2.11. The molecule has 2 aromatic rings. The summed E-state index contributed by atoms with van der Waals surface area (Å²) < 4.78 is 0.886. The van der Waals surface area contributed by atoms with Crippen LogP contribution in [0.25, 0.3) is 10.9 Å². The largest absolute Gasteiger partial charge is 0.361 e.